The Kier molecular flexibility index (Phi) is 5.09. The van der Waals surface area contributed by atoms with Crippen LogP contribution in [-0.2, 0) is 19.6 Å². The number of hydrogen-bond donors (Lipinski definition) is 0. The Bertz CT molecular complexity index is 964. The number of carbonyl (C=O) groups is 1. The first-order valence-corrected chi connectivity index (χ1v) is 10.6. The standard InChI is InChI=1S/C20H22N2O5S/c1-26-12-11-21-17-9-5-6-10-19(17)27-15-13-18(20(21)23)22(14-15)28(24,25)16-7-3-2-4-8-16/h2-10,15,18H,11-14H2,1H3. The van der Waals surface area contributed by atoms with Crippen molar-refractivity contribution < 1.29 is 22.7 Å². The van der Waals surface area contributed by atoms with E-state index in [1.807, 2.05) is 18.2 Å². The van der Waals surface area contributed by atoms with Gasteiger partial charge in [0, 0.05) is 20.1 Å². The number of ether oxygens (including phenoxy) is 2. The normalized spacial score (nSPS) is 22.3. The van der Waals surface area contributed by atoms with E-state index in [2.05, 4.69) is 0 Å². The van der Waals surface area contributed by atoms with Gasteiger partial charge in [-0.05, 0) is 24.3 Å². The first-order valence-electron chi connectivity index (χ1n) is 9.15. The zero-order valence-electron chi connectivity index (χ0n) is 15.5. The Morgan fingerprint density at radius 2 is 1.82 bits per heavy atom. The molecule has 1 fully saturated rings. The van der Waals surface area contributed by atoms with Crippen LogP contribution in [0.3, 0.4) is 0 Å². The number of para-hydroxylation sites is 2. The third kappa shape index (κ3) is 3.28. The SMILES string of the molecule is COCCN1C(=O)C2CC(CN2S(=O)(=O)c2ccccc2)Oc2ccccc21. The van der Waals surface area contributed by atoms with Crippen molar-refractivity contribution in [2.75, 3.05) is 31.7 Å². The Morgan fingerprint density at radius 3 is 2.57 bits per heavy atom. The van der Waals surface area contributed by atoms with Gasteiger partial charge in [-0.1, -0.05) is 30.3 Å². The summed E-state index contributed by atoms with van der Waals surface area (Å²) in [5, 5.41) is 0. The van der Waals surface area contributed by atoms with Crippen LogP contribution in [0.25, 0.3) is 0 Å². The number of benzene rings is 2. The number of rotatable bonds is 5. The molecule has 0 radical (unpaired) electrons. The summed E-state index contributed by atoms with van der Waals surface area (Å²) in [7, 11) is -2.25. The number of nitrogens with zero attached hydrogens (tertiary/aromatic N) is 2. The topological polar surface area (TPSA) is 76.2 Å². The van der Waals surface area contributed by atoms with Gasteiger partial charge in [-0.25, -0.2) is 8.42 Å². The molecule has 4 rings (SSSR count). The van der Waals surface area contributed by atoms with E-state index in [-0.39, 0.29) is 23.5 Å². The van der Waals surface area contributed by atoms with Crippen molar-refractivity contribution in [2.24, 2.45) is 0 Å². The third-order valence-corrected chi connectivity index (χ3v) is 6.98. The molecule has 2 atom stereocenters. The predicted octanol–water partition coefficient (Wildman–Crippen LogP) is 1.89. The average molecular weight is 402 g/mol. The highest BCUT2D eigenvalue weighted by Gasteiger charge is 2.48. The van der Waals surface area contributed by atoms with Gasteiger partial charge in [0.15, 0.2) is 0 Å². The van der Waals surface area contributed by atoms with Gasteiger partial charge >= 0.3 is 0 Å². The zero-order chi connectivity index (χ0) is 19.7. The summed E-state index contributed by atoms with van der Waals surface area (Å²) >= 11 is 0. The lowest BCUT2D eigenvalue weighted by Gasteiger charge is -2.31. The lowest BCUT2D eigenvalue weighted by molar-refractivity contribution is -0.122. The predicted molar refractivity (Wildman–Crippen MR) is 104 cm³/mol. The van der Waals surface area contributed by atoms with Gasteiger partial charge in [-0.2, -0.15) is 4.31 Å². The maximum atomic E-state index is 13.4. The fraction of sp³-hybridized carbons (Fsp3) is 0.350. The summed E-state index contributed by atoms with van der Waals surface area (Å²) in [6, 6.07) is 14.7. The number of hydrogen-bond acceptors (Lipinski definition) is 5. The molecule has 1 saturated heterocycles. The van der Waals surface area contributed by atoms with Crippen molar-refractivity contribution >= 4 is 21.6 Å². The largest absolute Gasteiger partial charge is 0.487 e. The monoisotopic (exact) mass is 402 g/mol. The molecule has 1 amide bonds. The Labute approximate surface area is 164 Å². The molecule has 2 unspecified atom stereocenters. The van der Waals surface area contributed by atoms with E-state index in [0.29, 0.717) is 31.0 Å². The van der Waals surface area contributed by atoms with E-state index in [9.17, 15) is 13.2 Å². The van der Waals surface area contributed by atoms with Crippen molar-refractivity contribution in [2.45, 2.75) is 23.5 Å². The highest BCUT2D eigenvalue weighted by Crippen LogP contribution is 2.37. The van der Waals surface area contributed by atoms with Gasteiger partial charge in [-0.3, -0.25) is 4.79 Å². The van der Waals surface area contributed by atoms with E-state index in [1.165, 1.54) is 4.31 Å². The molecule has 0 aliphatic carbocycles. The summed E-state index contributed by atoms with van der Waals surface area (Å²) in [5.74, 6) is 0.323. The molecule has 2 aromatic rings. The molecule has 0 spiro atoms. The minimum Gasteiger partial charge on any atom is -0.487 e. The Hall–Kier alpha value is -2.42. The fourth-order valence-electron chi connectivity index (χ4n) is 3.74. The van der Waals surface area contributed by atoms with Crippen molar-refractivity contribution in [3.8, 4) is 5.75 Å². The molecule has 0 N–H and O–H groups in total. The summed E-state index contributed by atoms with van der Waals surface area (Å²) in [4.78, 5) is 15.2. The molecular formula is C20H22N2O5S. The quantitative estimate of drug-likeness (QED) is 0.763. The van der Waals surface area contributed by atoms with Crippen LogP contribution in [0.15, 0.2) is 59.5 Å². The van der Waals surface area contributed by atoms with Crippen LogP contribution in [0.1, 0.15) is 6.42 Å². The molecule has 148 valence electrons. The minimum absolute atomic E-state index is 0.139. The van der Waals surface area contributed by atoms with Crippen molar-refractivity contribution in [3.63, 3.8) is 0 Å². The molecule has 8 heteroatoms. The maximum Gasteiger partial charge on any atom is 0.245 e. The number of fused-ring (bicyclic) bond motifs is 3. The molecule has 2 aliphatic heterocycles. The second-order valence-electron chi connectivity index (χ2n) is 6.83. The van der Waals surface area contributed by atoms with Crippen molar-refractivity contribution in [1.29, 1.82) is 0 Å². The number of methoxy groups -OCH3 is 1. The van der Waals surface area contributed by atoms with E-state index in [0.717, 1.165) is 0 Å². The molecule has 2 aliphatic rings. The average Bonchev–Trinajstić information content (AvgIpc) is 3.15. The number of anilines is 1. The molecule has 7 nitrogen and oxygen atoms in total. The van der Waals surface area contributed by atoms with Crippen LogP contribution in [-0.4, -0.2) is 57.6 Å². The van der Waals surface area contributed by atoms with Crippen LogP contribution >= 0.6 is 0 Å². The van der Waals surface area contributed by atoms with E-state index in [1.54, 1.807) is 48.4 Å². The van der Waals surface area contributed by atoms with E-state index in [4.69, 9.17) is 9.47 Å². The van der Waals surface area contributed by atoms with Crippen LogP contribution in [0.4, 0.5) is 5.69 Å². The van der Waals surface area contributed by atoms with Gasteiger partial charge in [0.05, 0.1) is 23.7 Å². The first kappa shape index (κ1) is 18.9. The number of amides is 1. The summed E-state index contributed by atoms with van der Waals surface area (Å²) in [5.41, 5.74) is 0.637. The molecule has 28 heavy (non-hydrogen) atoms. The maximum absolute atomic E-state index is 13.4. The molecule has 0 saturated carbocycles. The zero-order valence-corrected chi connectivity index (χ0v) is 16.3. The molecule has 0 aromatic heterocycles. The van der Waals surface area contributed by atoms with Gasteiger partial charge in [0.1, 0.15) is 17.9 Å². The summed E-state index contributed by atoms with van der Waals surface area (Å²) < 4.78 is 39.0. The summed E-state index contributed by atoms with van der Waals surface area (Å²) in [6.07, 6.45) is -0.0546. The second-order valence-corrected chi connectivity index (χ2v) is 8.72. The van der Waals surface area contributed by atoms with Crippen LogP contribution in [0.2, 0.25) is 0 Å². The lowest BCUT2D eigenvalue weighted by atomic mass is 10.1. The molecule has 2 bridgehead atoms. The lowest BCUT2D eigenvalue weighted by Crippen LogP contribution is -2.48. The second kappa shape index (κ2) is 7.54. The molecular weight excluding hydrogens is 380 g/mol. The van der Waals surface area contributed by atoms with Gasteiger partial charge in [0.25, 0.3) is 0 Å². The van der Waals surface area contributed by atoms with E-state index >= 15 is 0 Å². The number of sulfonamides is 1. The smallest absolute Gasteiger partial charge is 0.245 e. The Balaban J connectivity index is 1.74. The first-order chi connectivity index (χ1) is 13.5. The van der Waals surface area contributed by atoms with Gasteiger partial charge < -0.3 is 14.4 Å². The fourth-order valence-corrected chi connectivity index (χ4v) is 5.39. The van der Waals surface area contributed by atoms with Crippen molar-refractivity contribution in [1.82, 2.24) is 4.31 Å². The molecule has 2 heterocycles. The third-order valence-electron chi connectivity index (χ3n) is 5.09. The Morgan fingerprint density at radius 1 is 1.11 bits per heavy atom. The van der Waals surface area contributed by atoms with Crippen molar-refractivity contribution in [3.05, 3.63) is 54.6 Å². The summed E-state index contributed by atoms with van der Waals surface area (Å²) in [6.45, 7) is 0.790. The van der Waals surface area contributed by atoms with Crippen LogP contribution < -0.4 is 9.64 Å². The molecule has 2 aromatic carbocycles. The van der Waals surface area contributed by atoms with E-state index < -0.39 is 16.1 Å². The van der Waals surface area contributed by atoms with Crippen LogP contribution in [0.5, 0.6) is 5.75 Å². The number of carbonyl (C=O) groups excluding carboxylic acids is 1. The van der Waals surface area contributed by atoms with Crippen LogP contribution in [0, 0.1) is 0 Å². The minimum atomic E-state index is -3.81. The highest BCUT2D eigenvalue weighted by atomic mass is 32.2. The highest BCUT2D eigenvalue weighted by molar-refractivity contribution is 7.89. The van der Waals surface area contributed by atoms with Gasteiger partial charge in [0.2, 0.25) is 15.9 Å². The van der Waals surface area contributed by atoms with Gasteiger partial charge in [-0.15, -0.1) is 0 Å².